The summed E-state index contributed by atoms with van der Waals surface area (Å²) in [4.78, 5) is 16.7. The second-order valence-corrected chi connectivity index (χ2v) is 7.43. The highest BCUT2D eigenvalue weighted by atomic mass is 16.5. The number of hydrogen-bond donors (Lipinski definition) is 0. The van der Waals surface area contributed by atoms with Gasteiger partial charge >= 0.3 is 6.03 Å². The van der Waals surface area contributed by atoms with E-state index >= 15 is 0 Å². The monoisotopic (exact) mass is 390 g/mol. The van der Waals surface area contributed by atoms with Crippen LogP contribution in [0.2, 0.25) is 0 Å². The van der Waals surface area contributed by atoms with Crippen LogP contribution < -0.4 is 4.74 Å². The van der Waals surface area contributed by atoms with E-state index in [1.165, 1.54) is 10.2 Å². The maximum Gasteiger partial charge on any atom is 0.344 e. The molecule has 1 aliphatic heterocycles. The van der Waals surface area contributed by atoms with Crippen molar-refractivity contribution >= 4 is 6.03 Å². The lowest BCUT2D eigenvalue weighted by Gasteiger charge is -2.34. The number of aromatic nitrogens is 2. The van der Waals surface area contributed by atoms with Gasteiger partial charge in [0.2, 0.25) is 0 Å². The zero-order valence-corrected chi connectivity index (χ0v) is 16.7. The van der Waals surface area contributed by atoms with Gasteiger partial charge in [-0.3, -0.25) is 4.90 Å². The molecule has 2 heterocycles. The van der Waals surface area contributed by atoms with Gasteiger partial charge in [-0.15, -0.1) is 0 Å². The van der Waals surface area contributed by atoms with Crippen LogP contribution in [0.5, 0.6) is 5.75 Å². The predicted octanol–water partition coefficient (Wildman–Crippen LogP) is 3.56. The summed E-state index contributed by atoms with van der Waals surface area (Å²) in [6.07, 6.45) is 3.48. The molecule has 0 bridgehead atoms. The summed E-state index contributed by atoms with van der Waals surface area (Å²) >= 11 is 0. The fourth-order valence-electron chi connectivity index (χ4n) is 3.45. The van der Waals surface area contributed by atoms with Crippen molar-refractivity contribution in [3.05, 3.63) is 83.7 Å². The maximum atomic E-state index is 12.5. The van der Waals surface area contributed by atoms with Crippen LogP contribution in [0, 0.1) is 6.92 Å². The van der Waals surface area contributed by atoms with E-state index < -0.39 is 0 Å². The molecule has 0 spiro atoms. The van der Waals surface area contributed by atoms with E-state index in [0.29, 0.717) is 6.61 Å². The van der Waals surface area contributed by atoms with Crippen LogP contribution in [0.3, 0.4) is 0 Å². The lowest BCUT2D eigenvalue weighted by Crippen LogP contribution is -2.49. The van der Waals surface area contributed by atoms with Gasteiger partial charge in [0.05, 0.1) is 6.20 Å². The topological polar surface area (TPSA) is 50.6 Å². The fourth-order valence-corrected chi connectivity index (χ4v) is 3.45. The smallest absolute Gasteiger partial charge is 0.344 e. The second kappa shape index (κ2) is 8.92. The molecule has 1 saturated heterocycles. The van der Waals surface area contributed by atoms with Gasteiger partial charge in [-0.1, -0.05) is 42.5 Å². The first-order chi connectivity index (χ1) is 14.2. The molecular weight excluding hydrogens is 364 g/mol. The summed E-state index contributed by atoms with van der Waals surface area (Å²) in [5.41, 5.74) is 3.40. The van der Waals surface area contributed by atoms with Crippen LogP contribution in [-0.2, 0) is 13.2 Å². The highest BCUT2D eigenvalue weighted by Crippen LogP contribution is 2.16. The van der Waals surface area contributed by atoms with Crippen molar-refractivity contribution in [1.82, 2.24) is 19.6 Å². The standard InChI is InChI=1S/C23H26N4O2/c1-19-15-24-27(16-19)23(28)26-13-11-25(12-14-26)17-20-7-9-22(10-8-20)29-18-21-5-3-2-4-6-21/h2-10,15-16H,11-14,17-18H2,1H3. The molecule has 1 amide bonds. The third kappa shape index (κ3) is 5.03. The molecule has 3 aromatic rings. The second-order valence-electron chi connectivity index (χ2n) is 7.43. The first-order valence-corrected chi connectivity index (χ1v) is 9.96. The summed E-state index contributed by atoms with van der Waals surface area (Å²) < 4.78 is 7.28. The van der Waals surface area contributed by atoms with Gasteiger partial charge < -0.3 is 9.64 Å². The predicted molar refractivity (Wildman–Crippen MR) is 112 cm³/mol. The van der Waals surface area contributed by atoms with E-state index in [9.17, 15) is 4.79 Å². The van der Waals surface area contributed by atoms with Crippen LogP contribution in [0.4, 0.5) is 4.79 Å². The first-order valence-electron chi connectivity index (χ1n) is 9.96. The Hall–Kier alpha value is -3.12. The number of benzene rings is 2. The van der Waals surface area contributed by atoms with Gasteiger partial charge in [-0.25, -0.2) is 4.79 Å². The maximum absolute atomic E-state index is 12.5. The number of hydrogen-bond acceptors (Lipinski definition) is 4. The molecule has 1 aromatic heterocycles. The van der Waals surface area contributed by atoms with Crippen molar-refractivity contribution < 1.29 is 9.53 Å². The number of rotatable bonds is 5. The Morgan fingerprint density at radius 2 is 1.69 bits per heavy atom. The number of piperazine rings is 1. The van der Waals surface area contributed by atoms with Crippen LogP contribution in [-0.4, -0.2) is 51.8 Å². The number of carbonyl (C=O) groups excluding carboxylic acids is 1. The molecule has 1 fully saturated rings. The van der Waals surface area contributed by atoms with E-state index in [1.54, 1.807) is 12.4 Å². The Balaban J connectivity index is 1.24. The van der Waals surface area contributed by atoms with Gasteiger partial charge in [0.1, 0.15) is 12.4 Å². The average Bonchev–Trinajstić information content (AvgIpc) is 3.20. The summed E-state index contributed by atoms with van der Waals surface area (Å²) in [6.45, 7) is 6.54. The number of carbonyl (C=O) groups is 1. The lowest BCUT2D eigenvalue weighted by molar-refractivity contribution is 0.134. The first kappa shape index (κ1) is 19.2. The minimum absolute atomic E-state index is 0.0438. The van der Waals surface area contributed by atoms with Crippen molar-refractivity contribution in [1.29, 1.82) is 0 Å². The molecule has 0 radical (unpaired) electrons. The summed E-state index contributed by atoms with van der Waals surface area (Å²) in [5.74, 6) is 0.877. The van der Waals surface area contributed by atoms with Gasteiger partial charge in [-0.05, 0) is 35.7 Å². The molecule has 4 rings (SSSR count). The summed E-state index contributed by atoms with van der Waals surface area (Å²) in [5, 5.41) is 4.12. The van der Waals surface area contributed by atoms with Gasteiger partial charge in [0, 0.05) is 38.9 Å². The third-order valence-electron chi connectivity index (χ3n) is 5.13. The molecule has 6 nitrogen and oxygen atoms in total. The van der Waals surface area contributed by atoms with Crippen molar-refractivity contribution in [2.24, 2.45) is 0 Å². The van der Waals surface area contributed by atoms with Crippen LogP contribution >= 0.6 is 0 Å². The highest BCUT2D eigenvalue weighted by Gasteiger charge is 2.22. The van der Waals surface area contributed by atoms with Gasteiger partial charge in [-0.2, -0.15) is 9.78 Å². The largest absolute Gasteiger partial charge is 0.489 e. The van der Waals surface area contributed by atoms with Crippen LogP contribution in [0.25, 0.3) is 0 Å². The Labute approximate surface area is 171 Å². The summed E-state index contributed by atoms with van der Waals surface area (Å²) in [7, 11) is 0. The summed E-state index contributed by atoms with van der Waals surface area (Å²) in [6, 6.07) is 18.4. The number of aryl methyl sites for hydroxylation is 1. The van der Waals surface area contributed by atoms with E-state index in [0.717, 1.165) is 49.6 Å². The molecule has 150 valence electrons. The number of amides is 1. The Morgan fingerprint density at radius 3 is 2.34 bits per heavy atom. The molecule has 0 atom stereocenters. The Morgan fingerprint density at radius 1 is 0.966 bits per heavy atom. The SMILES string of the molecule is Cc1cnn(C(=O)N2CCN(Cc3ccc(OCc4ccccc4)cc3)CC2)c1. The van der Waals surface area contributed by atoms with Crippen molar-refractivity contribution in [2.75, 3.05) is 26.2 Å². The van der Waals surface area contributed by atoms with Crippen LogP contribution in [0.15, 0.2) is 67.0 Å². The highest BCUT2D eigenvalue weighted by molar-refractivity contribution is 5.76. The molecule has 6 heteroatoms. The zero-order valence-electron chi connectivity index (χ0n) is 16.7. The molecule has 0 aliphatic carbocycles. The molecule has 0 saturated carbocycles. The molecule has 29 heavy (non-hydrogen) atoms. The van der Waals surface area contributed by atoms with E-state index in [-0.39, 0.29) is 6.03 Å². The number of nitrogens with zero attached hydrogens (tertiary/aromatic N) is 4. The minimum Gasteiger partial charge on any atom is -0.489 e. The Bertz CT molecular complexity index is 929. The lowest BCUT2D eigenvalue weighted by atomic mass is 10.2. The molecule has 2 aromatic carbocycles. The van der Waals surface area contributed by atoms with Crippen molar-refractivity contribution in [2.45, 2.75) is 20.1 Å². The van der Waals surface area contributed by atoms with E-state index in [2.05, 4.69) is 34.3 Å². The average molecular weight is 390 g/mol. The number of ether oxygens (including phenoxy) is 1. The minimum atomic E-state index is -0.0438. The van der Waals surface area contributed by atoms with E-state index in [4.69, 9.17) is 4.74 Å². The Kier molecular flexibility index (Phi) is 5.91. The molecular formula is C23H26N4O2. The normalized spacial score (nSPS) is 14.7. The van der Waals surface area contributed by atoms with Gasteiger partial charge in [0.15, 0.2) is 0 Å². The van der Waals surface area contributed by atoms with Crippen molar-refractivity contribution in [3.63, 3.8) is 0 Å². The quantitative estimate of drug-likeness (QED) is 0.668. The molecule has 1 aliphatic rings. The fraction of sp³-hybridized carbons (Fsp3) is 0.304. The molecule has 0 N–H and O–H groups in total. The van der Waals surface area contributed by atoms with Crippen LogP contribution in [0.1, 0.15) is 16.7 Å². The van der Waals surface area contributed by atoms with E-state index in [1.807, 2.05) is 42.2 Å². The van der Waals surface area contributed by atoms with Crippen molar-refractivity contribution in [3.8, 4) is 5.75 Å². The molecule has 0 unspecified atom stereocenters. The van der Waals surface area contributed by atoms with Gasteiger partial charge in [0.25, 0.3) is 0 Å². The zero-order chi connectivity index (χ0) is 20.1. The third-order valence-corrected chi connectivity index (χ3v) is 5.13.